The Morgan fingerprint density at radius 1 is 0.750 bits per heavy atom. The number of carbonyl (C=O) groups excluding carboxylic acids is 3. The second-order valence-corrected chi connectivity index (χ2v) is 3.83. The minimum absolute atomic E-state index is 0. The fourth-order valence-corrected chi connectivity index (χ4v) is 1.46. The van der Waals surface area contributed by atoms with E-state index in [4.69, 9.17) is 5.11 Å². The number of rotatable bonds is 11. The van der Waals surface area contributed by atoms with E-state index >= 15 is 0 Å². The zero-order chi connectivity index (χ0) is 14.8. The Bertz CT molecular complexity index is 311. The molecule has 10 heteroatoms. The molecule has 0 aromatic rings. The van der Waals surface area contributed by atoms with Gasteiger partial charge in [-0.1, -0.05) is 0 Å². The number of hydrogen-bond acceptors (Lipinski definition) is 9. The molecule has 0 aliphatic carbocycles. The Morgan fingerprint density at radius 2 is 1.10 bits per heavy atom. The van der Waals surface area contributed by atoms with Crippen molar-refractivity contribution >= 4 is 17.9 Å². The van der Waals surface area contributed by atoms with Gasteiger partial charge >= 0.3 is 17.1 Å². The van der Waals surface area contributed by atoms with Crippen molar-refractivity contribution in [2.45, 2.75) is 0 Å². The van der Waals surface area contributed by atoms with Crippen LogP contribution in [0.2, 0.25) is 0 Å². The molecule has 113 valence electrons. The predicted molar refractivity (Wildman–Crippen MR) is 55.0 cm³/mol. The number of carboxylic acid groups (broad SMARTS) is 3. The van der Waals surface area contributed by atoms with E-state index in [9.17, 15) is 29.7 Å². The summed E-state index contributed by atoms with van der Waals surface area (Å²) in [5, 5.41) is 40.0. The molecule has 0 fully saturated rings. The molecular weight excluding hydrogens is 316 g/mol. The molecule has 0 unspecified atom stereocenters. The third kappa shape index (κ3) is 11.9. The first-order chi connectivity index (χ1) is 8.85. The maximum Gasteiger partial charge on any atom is 5.00 e. The molecule has 0 saturated carbocycles. The van der Waals surface area contributed by atoms with Crippen molar-refractivity contribution in [1.29, 1.82) is 0 Å². The van der Waals surface area contributed by atoms with E-state index < -0.39 is 37.5 Å². The Kier molecular flexibility index (Phi) is 12.3. The fourth-order valence-electron chi connectivity index (χ4n) is 1.46. The van der Waals surface area contributed by atoms with E-state index in [1.807, 2.05) is 0 Å². The molecule has 1 radical (unpaired) electrons. The average molecular weight is 331 g/mol. The predicted octanol–water partition coefficient (Wildman–Crippen LogP) is -6.17. The summed E-state index contributed by atoms with van der Waals surface area (Å²) in [6.07, 6.45) is 0. The topological polar surface area (TPSA) is 147 Å². The van der Waals surface area contributed by atoms with Crippen molar-refractivity contribution < 1.29 is 51.9 Å². The van der Waals surface area contributed by atoms with E-state index in [0.717, 1.165) is 4.90 Å². The minimum Gasteiger partial charge on any atom is -0.549 e. The number of aliphatic hydroxyl groups excluding tert-OH is 1. The first kappa shape index (κ1) is 21.1. The van der Waals surface area contributed by atoms with Crippen LogP contribution in [0, 0.1) is 0 Å². The van der Waals surface area contributed by atoms with Gasteiger partial charge in [-0.3, -0.25) is 9.80 Å². The van der Waals surface area contributed by atoms with Gasteiger partial charge in [0.05, 0.1) is 24.5 Å². The van der Waals surface area contributed by atoms with Gasteiger partial charge in [0.15, 0.2) is 0 Å². The van der Waals surface area contributed by atoms with Crippen LogP contribution in [0.5, 0.6) is 0 Å². The van der Waals surface area contributed by atoms with Gasteiger partial charge in [0, 0.05) is 39.3 Å². The van der Waals surface area contributed by atoms with Gasteiger partial charge in [0.25, 0.3) is 0 Å². The molecule has 0 amide bonds. The van der Waals surface area contributed by atoms with E-state index in [1.165, 1.54) is 4.90 Å². The SMILES string of the molecule is O=C([O-])CN(CCO)CCN(CC(=O)[O-])CC(=O)[O-].[Fe+5]. The second kappa shape index (κ2) is 11.6. The second-order valence-electron chi connectivity index (χ2n) is 3.83. The van der Waals surface area contributed by atoms with Crippen LogP contribution in [0.25, 0.3) is 0 Å². The number of nitrogens with zero attached hydrogens (tertiary/aromatic N) is 2. The zero-order valence-corrected chi connectivity index (χ0v) is 11.7. The Labute approximate surface area is 126 Å². The first-order valence-electron chi connectivity index (χ1n) is 5.50. The van der Waals surface area contributed by atoms with Crippen LogP contribution >= 0.6 is 0 Å². The van der Waals surface area contributed by atoms with Crippen molar-refractivity contribution in [2.24, 2.45) is 0 Å². The van der Waals surface area contributed by atoms with Crippen LogP contribution in [0.15, 0.2) is 0 Å². The summed E-state index contributed by atoms with van der Waals surface area (Å²) >= 11 is 0. The van der Waals surface area contributed by atoms with Gasteiger partial charge in [-0.2, -0.15) is 0 Å². The summed E-state index contributed by atoms with van der Waals surface area (Å²) in [4.78, 5) is 33.6. The van der Waals surface area contributed by atoms with Crippen LogP contribution in [0.1, 0.15) is 0 Å². The summed E-state index contributed by atoms with van der Waals surface area (Å²) in [5.41, 5.74) is 0. The molecule has 20 heavy (non-hydrogen) atoms. The molecule has 0 bridgehead atoms. The first-order valence-corrected chi connectivity index (χ1v) is 5.50. The number of aliphatic carboxylic acids is 3. The largest absolute Gasteiger partial charge is 5.00 e. The smallest absolute Gasteiger partial charge is 0.549 e. The normalized spacial score (nSPS) is 10.3. The average Bonchev–Trinajstić information content (AvgIpc) is 2.23. The number of hydrogen-bond donors (Lipinski definition) is 1. The van der Waals surface area contributed by atoms with Crippen LogP contribution < -0.4 is 15.3 Å². The molecule has 0 aliphatic heterocycles. The Hall–Kier alpha value is -1.19. The van der Waals surface area contributed by atoms with Crippen LogP contribution in [-0.4, -0.2) is 78.7 Å². The molecular formula is C10H15FeN2O7+2. The molecule has 0 atom stereocenters. The zero-order valence-electron chi connectivity index (χ0n) is 10.6. The third-order valence-corrected chi connectivity index (χ3v) is 2.21. The van der Waals surface area contributed by atoms with Crippen molar-refractivity contribution in [2.75, 3.05) is 45.9 Å². The van der Waals surface area contributed by atoms with Gasteiger partial charge in [0.2, 0.25) is 0 Å². The van der Waals surface area contributed by atoms with Crippen LogP contribution in [-0.2, 0) is 31.5 Å². The molecule has 0 aromatic carbocycles. The van der Waals surface area contributed by atoms with Gasteiger partial charge < -0.3 is 34.8 Å². The summed E-state index contributed by atoms with van der Waals surface area (Å²) in [6.45, 7) is -1.83. The molecule has 0 saturated heterocycles. The van der Waals surface area contributed by atoms with E-state index in [-0.39, 0.29) is 43.3 Å². The summed E-state index contributed by atoms with van der Waals surface area (Å²) in [5.74, 6) is -4.25. The molecule has 0 aliphatic rings. The quantitative estimate of drug-likeness (QED) is 0.365. The number of carboxylic acids is 3. The molecule has 0 heterocycles. The maximum atomic E-state index is 10.4. The van der Waals surface area contributed by atoms with Crippen molar-refractivity contribution in [3.8, 4) is 0 Å². The van der Waals surface area contributed by atoms with Crippen molar-refractivity contribution in [1.82, 2.24) is 9.80 Å². The molecule has 9 nitrogen and oxygen atoms in total. The van der Waals surface area contributed by atoms with Gasteiger partial charge in [0.1, 0.15) is 0 Å². The minimum atomic E-state index is -1.45. The Balaban J connectivity index is 0. The van der Waals surface area contributed by atoms with Crippen molar-refractivity contribution in [3.63, 3.8) is 0 Å². The molecule has 0 aromatic heterocycles. The van der Waals surface area contributed by atoms with E-state index in [2.05, 4.69) is 0 Å². The molecule has 1 N–H and O–H groups in total. The maximum absolute atomic E-state index is 10.4. The number of carbonyl (C=O) groups is 3. The van der Waals surface area contributed by atoms with Gasteiger partial charge in [-0.05, 0) is 0 Å². The number of aliphatic hydroxyl groups is 1. The van der Waals surface area contributed by atoms with Crippen LogP contribution in [0.4, 0.5) is 0 Å². The molecule has 0 rings (SSSR count). The summed E-state index contributed by atoms with van der Waals surface area (Å²) in [7, 11) is 0. The Morgan fingerprint density at radius 3 is 1.45 bits per heavy atom. The third-order valence-electron chi connectivity index (χ3n) is 2.21. The van der Waals surface area contributed by atoms with Gasteiger partial charge in [-0.15, -0.1) is 0 Å². The van der Waals surface area contributed by atoms with E-state index in [1.54, 1.807) is 0 Å². The van der Waals surface area contributed by atoms with E-state index in [0.29, 0.717) is 0 Å². The van der Waals surface area contributed by atoms with Gasteiger partial charge in [-0.25, -0.2) is 0 Å². The summed E-state index contributed by atoms with van der Waals surface area (Å²) in [6, 6.07) is 0. The monoisotopic (exact) mass is 331 g/mol. The molecule has 0 spiro atoms. The standard InChI is InChI=1S/C10H18N2O7.Fe/c13-4-3-11(5-8(14)15)1-2-12(6-9(16)17)7-10(18)19;/h13H,1-7H2,(H,14,15)(H,16,17)(H,18,19);/q;+5/p-3. The fraction of sp³-hybridized carbons (Fsp3) is 0.700. The van der Waals surface area contributed by atoms with Crippen molar-refractivity contribution in [3.05, 3.63) is 0 Å². The van der Waals surface area contributed by atoms with Crippen LogP contribution in [0.3, 0.4) is 0 Å². The summed E-state index contributed by atoms with van der Waals surface area (Å²) < 4.78 is 0.